The van der Waals surface area contributed by atoms with E-state index in [1.54, 1.807) is 11.3 Å². The summed E-state index contributed by atoms with van der Waals surface area (Å²) in [5, 5.41) is 14.0. The Kier molecular flexibility index (Phi) is 8.27. The number of hydrogen-bond acceptors (Lipinski definition) is 5. The van der Waals surface area contributed by atoms with Crippen molar-refractivity contribution < 1.29 is 27.9 Å². The number of rotatable bonds is 5. The van der Waals surface area contributed by atoms with Gasteiger partial charge >= 0.3 is 12.1 Å². The minimum absolute atomic E-state index is 0.102. The van der Waals surface area contributed by atoms with Crippen molar-refractivity contribution in [3.05, 3.63) is 16.1 Å². The number of nitrogens with zero attached hydrogens (tertiary/aromatic N) is 2. The molecule has 0 atom stereocenters. The molecule has 0 bridgehead atoms. The first kappa shape index (κ1) is 24.6. The molecule has 3 rings (SSSR count). The zero-order valence-electron chi connectivity index (χ0n) is 17.6. The molecule has 1 spiro atoms. The molecule has 6 nitrogen and oxygen atoms in total. The lowest BCUT2D eigenvalue weighted by molar-refractivity contribution is -0.192. The van der Waals surface area contributed by atoms with Gasteiger partial charge in [0.05, 0.1) is 17.2 Å². The second-order valence-corrected chi connectivity index (χ2v) is 9.50. The summed E-state index contributed by atoms with van der Waals surface area (Å²) < 4.78 is 31.7. The minimum Gasteiger partial charge on any atom is -0.475 e. The molecule has 0 unspecified atom stereocenters. The Morgan fingerprint density at radius 2 is 1.97 bits per heavy atom. The fourth-order valence-electron chi connectivity index (χ4n) is 4.05. The van der Waals surface area contributed by atoms with Crippen molar-refractivity contribution in [1.82, 2.24) is 15.2 Å². The molecule has 2 aliphatic rings. The number of halogens is 3. The summed E-state index contributed by atoms with van der Waals surface area (Å²) in [6, 6.07) is 0.627. The number of aliphatic carboxylic acids is 1. The summed E-state index contributed by atoms with van der Waals surface area (Å²) in [5.41, 5.74) is 1.16. The summed E-state index contributed by atoms with van der Waals surface area (Å²) >= 11 is 1.67. The van der Waals surface area contributed by atoms with Gasteiger partial charge in [0.25, 0.3) is 0 Å². The van der Waals surface area contributed by atoms with E-state index in [1.165, 1.54) is 12.8 Å². The molecule has 0 aromatic carbocycles. The SMILES string of the molecule is Cc1nc(CN2C(=O)CCC23CCC(NCC(C)C)CC3)cs1.O=C(O)C(F)(F)F. The van der Waals surface area contributed by atoms with Crippen molar-refractivity contribution in [2.45, 2.75) is 83.6 Å². The predicted octanol–water partition coefficient (Wildman–Crippen LogP) is 4.13. The summed E-state index contributed by atoms with van der Waals surface area (Å²) in [4.78, 5) is 28.1. The maximum absolute atomic E-state index is 12.4. The third-order valence-electron chi connectivity index (χ3n) is 5.64. The molecular weight excluding hydrogens is 419 g/mol. The van der Waals surface area contributed by atoms with Crippen LogP contribution >= 0.6 is 11.3 Å². The fourth-order valence-corrected chi connectivity index (χ4v) is 4.66. The Balaban J connectivity index is 0.000000396. The van der Waals surface area contributed by atoms with Crippen LogP contribution in [0.5, 0.6) is 0 Å². The molecule has 10 heteroatoms. The summed E-state index contributed by atoms with van der Waals surface area (Å²) in [7, 11) is 0. The van der Waals surface area contributed by atoms with Crippen LogP contribution in [0.3, 0.4) is 0 Å². The number of likely N-dealkylation sites (tertiary alicyclic amines) is 1. The molecule has 1 saturated carbocycles. The largest absolute Gasteiger partial charge is 0.490 e. The number of carboxylic acids is 1. The monoisotopic (exact) mass is 449 g/mol. The van der Waals surface area contributed by atoms with Crippen molar-refractivity contribution in [2.24, 2.45) is 5.92 Å². The molecule has 1 aromatic heterocycles. The lowest BCUT2D eigenvalue weighted by atomic mass is 9.77. The number of nitrogens with one attached hydrogen (secondary N) is 1. The van der Waals surface area contributed by atoms with Crippen molar-refractivity contribution in [1.29, 1.82) is 0 Å². The quantitative estimate of drug-likeness (QED) is 0.706. The maximum Gasteiger partial charge on any atom is 0.490 e. The van der Waals surface area contributed by atoms with Crippen molar-refractivity contribution in [3.8, 4) is 0 Å². The lowest BCUT2D eigenvalue weighted by Gasteiger charge is -2.44. The minimum atomic E-state index is -5.08. The third kappa shape index (κ3) is 6.66. The normalized spacial score (nSPS) is 24.3. The summed E-state index contributed by atoms with van der Waals surface area (Å²) in [6.07, 6.45) is 1.31. The summed E-state index contributed by atoms with van der Waals surface area (Å²) in [6.45, 7) is 8.34. The van der Waals surface area contributed by atoms with Crippen LogP contribution in [0.15, 0.2) is 5.38 Å². The van der Waals surface area contributed by atoms with Gasteiger partial charge in [-0.25, -0.2) is 9.78 Å². The molecular formula is C20H30F3N3O3S. The molecule has 1 aliphatic carbocycles. The van der Waals surface area contributed by atoms with Crippen LogP contribution in [0.25, 0.3) is 0 Å². The van der Waals surface area contributed by atoms with Gasteiger partial charge in [0, 0.05) is 23.4 Å². The van der Waals surface area contributed by atoms with Crippen LogP contribution < -0.4 is 5.32 Å². The number of carbonyl (C=O) groups is 2. The first-order valence-electron chi connectivity index (χ1n) is 10.2. The molecule has 2 N–H and O–H groups in total. The smallest absolute Gasteiger partial charge is 0.475 e. The Morgan fingerprint density at radius 1 is 1.37 bits per heavy atom. The zero-order chi connectivity index (χ0) is 22.5. The van der Waals surface area contributed by atoms with E-state index in [1.807, 2.05) is 6.92 Å². The standard InChI is InChI=1S/C18H29N3OS.C2HF3O2/c1-13(2)10-19-15-4-7-18(8-5-15)9-6-17(22)21(18)11-16-12-23-14(3)20-16;3-2(4,5)1(6)7/h12-13,15,19H,4-11H2,1-3H3;(H,6,7). The van der Waals surface area contributed by atoms with Crippen LogP contribution in [0.1, 0.15) is 63.1 Å². The van der Waals surface area contributed by atoms with Crippen molar-refractivity contribution in [3.63, 3.8) is 0 Å². The molecule has 0 radical (unpaired) electrons. The molecule has 170 valence electrons. The number of hydrogen-bond donors (Lipinski definition) is 2. The second kappa shape index (κ2) is 10.1. The van der Waals surface area contributed by atoms with Crippen LogP contribution in [0, 0.1) is 12.8 Å². The third-order valence-corrected chi connectivity index (χ3v) is 6.46. The lowest BCUT2D eigenvalue weighted by Crippen LogP contribution is -2.50. The van der Waals surface area contributed by atoms with E-state index in [0.29, 0.717) is 30.8 Å². The highest BCUT2D eigenvalue weighted by atomic mass is 32.1. The van der Waals surface area contributed by atoms with Gasteiger partial charge in [0.1, 0.15) is 0 Å². The Hall–Kier alpha value is -1.68. The zero-order valence-corrected chi connectivity index (χ0v) is 18.4. The van der Waals surface area contributed by atoms with E-state index in [-0.39, 0.29) is 5.54 Å². The molecule has 1 amide bonds. The molecule has 1 saturated heterocycles. The second-order valence-electron chi connectivity index (χ2n) is 8.44. The molecule has 2 fully saturated rings. The first-order valence-corrected chi connectivity index (χ1v) is 11.1. The van der Waals surface area contributed by atoms with Gasteiger partial charge < -0.3 is 15.3 Å². The van der Waals surface area contributed by atoms with Crippen LogP contribution in [0.4, 0.5) is 13.2 Å². The Bertz CT molecular complexity index is 728. The number of alkyl halides is 3. The van der Waals surface area contributed by atoms with Gasteiger partial charge in [-0.3, -0.25) is 4.79 Å². The highest BCUT2D eigenvalue weighted by molar-refractivity contribution is 7.09. The number of carbonyl (C=O) groups excluding carboxylic acids is 1. The van der Waals surface area contributed by atoms with Gasteiger partial charge in [-0.15, -0.1) is 11.3 Å². The molecule has 30 heavy (non-hydrogen) atoms. The molecule has 1 aromatic rings. The Morgan fingerprint density at radius 3 is 2.43 bits per heavy atom. The molecule has 1 aliphatic heterocycles. The van der Waals surface area contributed by atoms with Gasteiger partial charge in [0.2, 0.25) is 5.91 Å². The highest BCUT2D eigenvalue weighted by Crippen LogP contribution is 2.43. The van der Waals surface area contributed by atoms with E-state index in [2.05, 4.69) is 34.4 Å². The van der Waals surface area contributed by atoms with Gasteiger partial charge in [-0.05, 0) is 51.5 Å². The maximum atomic E-state index is 12.4. The number of aryl methyl sites for hydroxylation is 1. The van der Waals surface area contributed by atoms with Crippen LogP contribution in [-0.2, 0) is 16.1 Å². The Labute approximate surface area is 178 Å². The topological polar surface area (TPSA) is 82.5 Å². The van der Waals surface area contributed by atoms with Crippen LogP contribution in [-0.4, -0.2) is 51.2 Å². The van der Waals surface area contributed by atoms with Gasteiger partial charge in [-0.1, -0.05) is 13.8 Å². The number of aromatic nitrogens is 1. The number of amides is 1. The summed E-state index contributed by atoms with van der Waals surface area (Å²) in [5.74, 6) is -1.74. The average molecular weight is 450 g/mol. The fraction of sp³-hybridized carbons (Fsp3) is 0.750. The predicted molar refractivity (Wildman–Crippen MR) is 108 cm³/mol. The van der Waals surface area contributed by atoms with E-state index in [9.17, 15) is 18.0 Å². The van der Waals surface area contributed by atoms with Gasteiger partial charge in [-0.2, -0.15) is 13.2 Å². The van der Waals surface area contributed by atoms with E-state index in [4.69, 9.17) is 9.90 Å². The van der Waals surface area contributed by atoms with Crippen LogP contribution in [0.2, 0.25) is 0 Å². The number of thiazole rings is 1. The molecule has 2 heterocycles. The highest BCUT2D eigenvalue weighted by Gasteiger charge is 2.47. The average Bonchev–Trinajstić information content (AvgIpc) is 3.20. The van der Waals surface area contributed by atoms with E-state index in [0.717, 1.165) is 36.5 Å². The van der Waals surface area contributed by atoms with E-state index < -0.39 is 12.1 Å². The first-order chi connectivity index (χ1) is 13.9. The van der Waals surface area contributed by atoms with Gasteiger partial charge in [0.15, 0.2) is 0 Å². The number of carboxylic acid groups (broad SMARTS) is 1. The van der Waals surface area contributed by atoms with Crippen molar-refractivity contribution >= 4 is 23.2 Å². The van der Waals surface area contributed by atoms with Crippen molar-refractivity contribution in [2.75, 3.05) is 6.54 Å². The van der Waals surface area contributed by atoms with E-state index >= 15 is 0 Å².